The quantitative estimate of drug-likeness (QED) is 0.0835. The Bertz CT molecular complexity index is 3190. The van der Waals surface area contributed by atoms with Crippen LogP contribution in [0.4, 0.5) is 0 Å². The Morgan fingerprint density at radius 2 is 0.969 bits per heavy atom. The largest absolute Gasteiger partial charge is 0.437 e. The van der Waals surface area contributed by atoms with Gasteiger partial charge in [0, 0.05) is 68.8 Å². The molecule has 64 heavy (non-hydrogen) atoms. The molecule has 0 aliphatic rings. The lowest BCUT2D eigenvalue weighted by atomic mass is 10.0. The summed E-state index contributed by atoms with van der Waals surface area (Å²) in [5.41, 5.74) is 15.8. The van der Waals surface area contributed by atoms with Crippen LogP contribution in [0.3, 0.4) is 0 Å². The first-order valence-corrected chi connectivity index (χ1v) is 22.9. The van der Waals surface area contributed by atoms with Gasteiger partial charge in [-0.2, -0.15) is 0 Å². The number of para-hydroxylation sites is 1. The molecule has 0 saturated heterocycles. The maximum atomic E-state index is 6.21. The fourth-order valence-corrected chi connectivity index (χ4v) is 8.93. The summed E-state index contributed by atoms with van der Waals surface area (Å²) in [6, 6.07) is 38.4. The van der Waals surface area contributed by atoms with Crippen molar-refractivity contribution < 1.29 is 8.83 Å². The third-order valence-corrected chi connectivity index (χ3v) is 12.5. The van der Waals surface area contributed by atoms with Crippen LogP contribution in [0, 0.1) is 13.8 Å². The fourth-order valence-electron chi connectivity index (χ4n) is 8.93. The van der Waals surface area contributed by atoms with Gasteiger partial charge in [-0.1, -0.05) is 74.2 Å². The Balaban J connectivity index is 0.628. The van der Waals surface area contributed by atoms with Crippen LogP contribution >= 0.6 is 0 Å². The number of hydrogen-bond donors (Lipinski definition) is 0. The second kappa shape index (κ2) is 18.7. The van der Waals surface area contributed by atoms with Crippen molar-refractivity contribution in [1.29, 1.82) is 0 Å². The summed E-state index contributed by atoms with van der Waals surface area (Å²) < 4.78 is 12.4. The summed E-state index contributed by atoms with van der Waals surface area (Å²) in [4.78, 5) is 28.1. The summed E-state index contributed by atoms with van der Waals surface area (Å²) in [7, 11) is 0. The van der Waals surface area contributed by atoms with Gasteiger partial charge >= 0.3 is 0 Å². The molecule has 0 atom stereocenters. The van der Waals surface area contributed by atoms with Crippen molar-refractivity contribution in [2.75, 3.05) is 0 Å². The molecule has 0 aliphatic heterocycles. The molecular formula is C56H52N6O2. The highest BCUT2D eigenvalue weighted by atomic mass is 16.3. The number of nitrogens with zero attached hydrogens (tertiary/aromatic N) is 6. The van der Waals surface area contributed by atoms with Crippen molar-refractivity contribution in [1.82, 2.24) is 29.9 Å². The van der Waals surface area contributed by atoms with Crippen LogP contribution in [0.5, 0.6) is 0 Å². The average molecular weight is 841 g/mol. The van der Waals surface area contributed by atoms with Gasteiger partial charge in [0.1, 0.15) is 11.3 Å². The molecule has 8 nitrogen and oxygen atoms in total. The highest BCUT2D eigenvalue weighted by Crippen LogP contribution is 2.35. The standard InChI is InChI=1S/C56H52N6O2/c1-37-18-26-46-44-16-11-17-48(53(44)63-55(46)61-37)49-28-22-41(35-59-49)14-10-6-4-8-13-40-30-32-57-51(34-40)43-24-20-39(21-25-43)12-7-3-5-9-15-42-23-29-50(60-36-42)52-54-45(31-33-58-52)47-27-19-38(2)62-56(47)64-54/h11,16-36H,3-10,12-15H2,1-2H3. The van der Waals surface area contributed by atoms with Crippen LogP contribution in [-0.2, 0) is 25.7 Å². The number of pyridine rings is 6. The average Bonchev–Trinajstić information content (AvgIpc) is 3.89. The summed E-state index contributed by atoms with van der Waals surface area (Å²) in [5.74, 6) is 0. The Hall–Kier alpha value is -7.06. The number of furan rings is 2. The summed E-state index contributed by atoms with van der Waals surface area (Å²) >= 11 is 0. The van der Waals surface area contributed by atoms with Gasteiger partial charge in [-0.25, -0.2) is 9.97 Å². The Kier molecular flexibility index (Phi) is 12.0. The third-order valence-electron chi connectivity index (χ3n) is 12.5. The molecule has 10 rings (SSSR count). The molecule has 10 aromatic rings. The highest BCUT2D eigenvalue weighted by Gasteiger charge is 2.16. The van der Waals surface area contributed by atoms with Crippen molar-refractivity contribution in [3.05, 3.63) is 168 Å². The number of aromatic nitrogens is 6. The van der Waals surface area contributed by atoms with Gasteiger partial charge in [0.25, 0.3) is 0 Å². The first-order valence-electron chi connectivity index (χ1n) is 22.9. The third kappa shape index (κ3) is 9.04. The van der Waals surface area contributed by atoms with Gasteiger partial charge in [-0.05, 0) is 148 Å². The van der Waals surface area contributed by atoms with E-state index in [-0.39, 0.29) is 0 Å². The topological polar surface area (TPSA) is 104 Å². The first-order chi connectivity index (χ1) is 31.5. The van der Waals surface area contributed by atoms with Gasteiger partial charge in [0.05, 0.1) is 17.1 Å². The first kappa shape index (κ1) is 41.0. The Labute approximate surface area is 373 Å². The Morgan fingerprint density at radius 3 is 1.61 bits per heavy atom. The second-order valence-electron chi connectivity index (χ2n) is 17.2. The zero-order valence-corrected chi connectivity index (χ0v) is 36.7. The molecule has 8 aromatic heterocycles. The van der Waals surface area contributed by atoms with E-state index in [1.807, 2.05) is 56.8 Å². The smallest absolute Gasteiger partial charge is 0.227 e. The van der Waals surface area contributed by atoms with E-state index >= 15 is 0 Å². The minimum absolute atomic E-state index is 0.641. The lowest BCUT2D eigenvalue weighted by Crippen LogP contribution is -1.93. The van der Waals surface area contributed by atoms with Crippen molar-refractivity contribution in [3.8, 4) is 33.9 Å². The number of unbranched alkanes of at least 4 members (excludes halogenated alkanes) is 6. The normalized spacial score (nSPS) is 11.7. The zero-order valence-electron chi connectivity index (χ0n) is 36.7. The molecule has 0 saturated carbocycles. The van der Waals surface area contributed by atoms with Crippen LogP contribution in [-0.4, -0.2) is 29.9 Å². The second-order valence-corrected chi connectivity index (χ2v) is 17.2. The number of aryl methyl sites for hydroxylation is 6. The molecule has 0 amide bonds. The molecule has 2 aromatic carbocycles. The molecule has 0 spiro atoms. The zero-order chi connectivity index (χ0) is 43.2. The monoisotopic (exact) mass is 840 g/mol. The molecule has 0 aliphatic carbocycles. The van der Waals surface area contributed by atoms with E-state index in [0.717, 1.165) is 111 Å². The molecule has 0 radical (unpaired) electrons. The molecule has 8 heterocycles. The summed E-state index contributed by atoms with van der Waals surface area (Å²) in [6.07, 6.45) is 21.5. The molecule has 8 heteroatoms. The van der Waals surface area contributed by atoms with Crippen molar-refractivity contribution in [2.24, 2.45) is 0 Å². The van der Waals surface area contributed by atoms with Crippen LogP contribution < -0.4 is 0 Å². The number of benzene rings is 2. The highest BCUT2D eigenvalue weighted by molar-refractivity contribution is 6.08. The van der Waals surface area contributed by atoms with E-state index in [9.17, 15) is 0 Å². The lowest BCUT2D eigenvalue weighted by Gasteiger charge is -2.07. The van der Waals surface area contributed by atoms with E-state index in [1.54, 1.807) is 0 Å². The molecule has 318 valence electrons. The predicted molar refractivity (Wildman–Crippen MR) is 258 cm³/mol. The SMILES string of the molecule is Cc1ccc2c(n1)oc1c(-c3ccc(CCCCCCc4ccnc(-c5ccc(CCCCCCc6ccc(-c7nccc8c7oc7nc(C)ccc78)nc6)cc5)c4)cn3)cccc12. The van der Waals surface area contributed by atoms with Crippen molar-refractivity contribution in [3.63, 3.8) is 0 Å². The predicted octanol–water partition coefficient (Wildman–Crippen LogP) is 14.2. The fraction of sp³-hybridized carbons (Fsp3) is 0.250. The minimum atomic E-state index is 0.641. The van der Waals surface area contributed by atoms with Crippen molar-refractivity contribution >= 4 is 44.1 Å². The van der Waals surface area contributed by atoms with Crippen LogP contribution in [0.15, 0.2) is 143 Å². The van der Waals surface area contributed by atoms with Gasteiger partial charge < -0.3 is 8.83 Å². The van der Waals surface area contributed by atoms with Gasteiger partial charge in [0.2, 0.25) is 11.4 Å². The van der Waals surface area contributed by atoms with Gasteiger partial charge in [-0.15, -0.1) is 0 Å². The van der Waals surface area contributed by atoms with Crippen molar-refractivity contribution in [2.45, 2.75) is 90.9 Å². The summed E-state index contributed by atoms with van der Waals surface area (Å²) in [5, 5.41) is 4.14. The van der Waals surface area contributed by atoms with Crippen LogP contribution in [0.2, 0.25) is 0 Å². The maximum Gasteiger partial charge on any atom is 0.227 e. The molecule has 0 fully saturated rings. The maximum absolute atomic E-state index is 6.21. The number of hydrogen-bond acceptors (Lipinski definition) is 8. The number of rotatable bonds is 17. The van der Waals surface area contributed by atoms with E-state index in [4.69, 9.17) is 23.8 Å². The van der Waals surface area contributed by atoms with Gasteiger partial charge in [0.15, 0.2) is 5.58 Å². The Morgan fingerprint density at radius 1 is 0.406 bits per heavy atom. The van der Waals surface area contributed by atoms with E-state index in [2.05, 4.69) is 106 Å². The lowest BCUT2D eigenvalue weighted by molar-refractivity contribution is 0.639. The van der Waals surface area contributed by atoms with Gasteiger partial charge in [-0.3, -0.25) is 19.9 Å². The molecule has 0 N–H and O–H groups in total. The van der Waals surface area contributed by atoms with E-state index in [0.29, 0.717) is 11.4 Å². The molecule has 0 bridgehead atoms. The minimum Gasteiger partial charge on any atom is -0.437 e. The van der Waals surface area contributed by atoms with Crippen LogP contribution in [0.1, 0.15) is 85.0 Å². The van der Waals surface area contributed by atoms with E-state index in [1.165, 1.54) is 66.3 Å². The summed E-state index contributed by atoms with van der Waals surface area (Å²) in [6.45, 7) is 3.96. The molecule has 0 unspecified atom stereocenters. The number of fused-ring (bicyclic) bond motifs is 6. The van der Waals surface area contributed by atoms with E-state index < -0.39 is 0 Å². The van der Waals surface area contributed by atoms with Crippen LogP contribution in [0.25, 0.3) is 78.0 Å². The molecular weight excluding hydrogens is 789 g/mol.